The van der Waals surface area contributed by atoms with Crippen LogP contribution in [0.5, 0.6) is 0 Å². The Balaban J connectivity index is 1.56. The second kappa shape index (κ2) is 14.0. The van der Waals surface area contributed by atoms with E-state index in [1.165, 1.54) is 12.1 Å². The summed E-state index contributed by atoms with van der Waals surface area (Å²) < 4.78 is 39.9. The van der Waals surface area contributed by atoms with Crippen molar-refractivity contribution in [1.82, 2.24) is 10.6 Å². The molecule has 0 heterocycles. The molecule has 0 bridgehead atoms. The Labute approximate surface area is 250 Å². The fourth-order valence-corrected chi connectivity index (χ4v) is 4.34. The lowest BCUT2D eigenvalue weighted by Gasteiger charge is -2.16. The molecule has 0 radical (unpaired) electrons. The highest BCUT2D eigenvalue weighted by Gasteiger charge is 2.30. The number of carboxylic acid groups (broad SMARTS) is 1. The predicted octanol–water partition coefficient (Wildman–Crippen LogP) is 6.65. The highest BCUT2D eigenvalue weighted by Crippen LogP contribution is 2.30. The molecule has 4 rings (SSSR count). The van der Waals surface area contributed by atoms with Gasteiger partial charge in [0.2, 0.25) is 0 Å². The van der Waals surface area contributed by atoms with Gasteiger partial charge in [0.15, 0.2) is 5.78 Å². The third-order valence-corrected chi connectivity index (χ3v) is 6.74. The number of Topliss-reactive ketones (excluding diaryl/α,β-unsaturated/α-hetero) is 1. The summed E-state index contributed by atoms with van der Waals surface area (Å²) in [6, 6.07) is 25.7. The van der Waals surface area contributed by atoms with Crippen molar-refractivity contribution in [2.45, 2.75) is 18.6 Å². The van der Waals surface area contributed by atoms with Crippen molar-refractivity contribution in [2.75, 3.05) is 6.54 Å². The van der Waals surface area contributed by atoms with Crippen molar-refractivity contribution < 1.29 is 32.7 Å². The van der Waals surface area contributed by atoms with E-state index in [0.29, 0.717) is 10.6 Å². The van der Waals surface area contributed by atoms with Gasteiger partial charge >= 0.3 is 12.1 Å². The number of carbonyl (C=O) groups excluding carboxylic acids is 2. The molecule has 0 aliphatic heterocycles. The fourth-order valence-electron chi connectivity index (χ4n) is 4.21. The number of aliphatic carboxylic acids is 1. The molecular formula is C33H26ClF3N2O4. The van der Waals surface area contributed by atoms with Crippen molar-refractivity contribution in [3.05, 3.63) is 136 Å². The monoisotopic (exact) mass is 606 g/mol. The normalized spacial score (nSPS) is 12.4. The van der Waals surface area contributed by atoms with E-state index >= 15 is 0 Å². The Kier molecular flexibility index (Phi) is 10.1. The van der Waals surface area contributed by atoms with Crippen LogP contribution in [0.25, 0.3) is 17.2 Å². The van der Waals surface area contributed by atoms with Gasteiger partial charge in [-0.25, -0.2) is 0 Å². The maximum absolute atomic E-state index is 13.3. The van der Waals surface area contributed by atoms with Crippen molar-refractivity contribution in [2.24, 2.45) is 0 Å². The topological polar surface area (TPSA) is 95.5 Å². The van der Waals surface area contributed by atoms with E-state index in [1.807, 2.05) is 30.3 Å². The first-order valence-corrected chi connectivity index (χ1v) is 13.5. The van der Waals surface area contributed by atoms with Crippen LogP contribution in [-0.4, -0.2) is 35.4 Å². The number of hydrogen-bond acceptors (Lipinski definition) is 4. The Morgan fingerprint density at radius 3 is 2.12 bits per heavy atom. The van der Waals surface area contributed by atoms with Gasteiger partial charge in [0.25, 0.3) is 5.91 Å². The maximum Gasteiger partial charge on any atom is 0.416 e. The van der Waals surface area contributed by atoms with Crippen molar-refractivity contribution in [3.8, 4) is 11.1 Å². The number of carbonyl (C=O) groups is 3. The number of alkyl halides is 3. The first kappa shape index (κ1) is 31.2. The Morgan fingerprint density at radius 1 is 0.837 bits per heavy atom. The van der Waals surface area contributed by atoms with Crippen LogP contribution in [0.15, 0.2) is 109 Å². The fraction of sp³-hybridized carbons (Fsp3) is 0.121. The minimum absolute atomic E-state index is 0.0221. The van der Waals surface area contributed by atoms with Crippen molar-refractivity contribution >= 4 is 35.3 Å². The third-order valence-electron chi connectivity index (χ3n) is 6.49. The molecule has 0 saturated carbocycles. The Hall–Kier alpha value is -4.73. The third kappa shape index (κ3) is 8.88. The van der Waals surface area contributed by atoms with E-state index in [1.54, 1.807) is 48.5 Å². The molecule has 6 nitrogen and oxygen atoms in total. The highest BCUT2D eigenvalue weighted by molar-refractivity contribution is 6.30. The van der Waals surface area contributed by atoms with Gasteiger partial charge < -0.3 is 10.4 Å². The molecule has 3 N–H and O–H groups in total. The zero-order valence-corrected chi connectivity index (χ0v) is 23.3. The van der Waals surface area contributed by atoms with Gasteiger partial charge in [-0.05, 0) is 71.1 Å². The summed E-state index contributed by atoms with van der Waals surface area (Å²) >= 11 is 5.89. The summed E-state index contributed by atoms with van der Waals surface area (Å²) in [7, 11) is 0. The number of carboxylic acids is 1. The van der Waals surface area contributed by atoms with Gasteiger partial charge in [0.1, 0.15) is 6.04 Å². The van der Waals surface area contributed by atoms with Crippen LogP contribution < -0.4 is 10.6 Å². The van der Waals surface area contributed by atoms with Gasteiger partial charge in [-0.3, -0.25) is 19.7 Å². The summed E-state index contributed by atoms with van der Waals surface area (Å²) in [6.45, 7) is -0.511. The summed E-state index contributed by atoms with van der Waals surface area (Å²) in [6.07, 6.45) is -3.45. The second-order valence-corrected chi connectivity index (χ2v) is 10.0. The number of benzene rings is 4. The van der Waals surface area contributed by atoms with Gasteiger partial charge in [-0.1, -0.05) is 78.3 Å². The number of rotatable bonds is 11. The van der Waals surface area contributed by atoms with E-state index in [9.17, 15) is 32.7 Å². The lowest BCUT2D eigenvalue weighted by Crippen LogP contribution is -2.43. The van der Waals surface area contributed by atoms with Gasteiger partial charge in [0.05, 0.1) is 17.8 Å². The molecule has 0 saturated heterocycles. The second-order valence-electron chi connectivity index (χ2n) is 9.60. The summed E-state index contributed by atoms with van der Waals surface area (Å²) in [5.74, 6) is -2.61. The highest BCUT2D eigenvalue weighted by atomic mass is 35.5. The average Bonchev–Trinajstić information content (AvgIpc) is 2.99. The predicted molar refractivity (Wildman–Crippen MR) is 158 cm³/mol. The quantitative estimate of drug-likeness (QED) is 0.166. The maximum atomic E-state index is 13.3. The van der Waals surface area contributed by atoms with Crippen LogP contribution in [0.2, 0.25) is 5.02 Å². The first-order chi connectivity index (χ1) is 20.5. The van der Waals surface area contributed by atoms with Crippen LogP contribution in [0.4, 0.5) is 13.2 Å². The van der Waals surface area contributed by atoms with Crippen LogP contribution in [0.3, 0.4) is 0 Å². The van der Waals surface area contributed by atoms with Crippen LogP contribution in [-0.2, 0) is 22.2 Å². The lowest BCUT2D eigenvalue weighted by molar-refractivity contribution is -0.139. The molecular weight excluding hydrogens is 581 g/mol. The number of halogens is 4. The Bertz CT molecular complexity index is 1620. The molecule has 0 aliphatic rings. The minimum atomic E-state index is -4.62. The minimum Gasteiger partial charge on any atom is -0.480 e. The standard InChI is InChI=1S/C33H26ClF3N2O4/c34-27-15-9-21(10-16-27)18-29(32(42)43)38-20-30(40)28(19-22-5-4-8-26(17-22)33(35,36)37)39-31(41)25-13-11-24(12-14-25)23-6-2-1-3-7-23/h1-17,19,29,38H,18,20H2,(H,39,41)(H,42,43)/b28-19+/t29-/m1/s1. The molecule has 4 aromatic carbocycles. The van der Waals surface area contributed by atoms with Crippen molar-refractivity contribution in [3.63, 3.8) is 0 Å². The molecule has 10 heteroatoms. The summed E-state index contributed by atoms with van der Waals surface area (Å²) in [4.78, 5) is 38.3. The molecule has 0 aliphatic carbocycles. The number of ketones is 1. The number of nitrogens with one attached hydrogen (secondary N) is 2. The molecule has 0 aromatic heterocycles. The van der Waals surface area contributed by atoms with Gasteiger partial charge in [0, 0.05) is 10.6 Å². The molecule has 0 spiro atoms. The van der Waals surface area contributed by atoms with E-state index in [2.05, 4.69) is 10.6 Å². The molecule has 1 atom stereocenters. The van der Waals surface area contributed by atoms with E-state index in [0.717, 1.165) is 29.3 Å². The van der Waals surface area contributed by atoms with Gasteiger partial charge in [-0.2, -0.15) is 13.2 Å². The largest absolute Gasteiger partial charge is 0.480 e. The Morgan fingerprint density at radius 2 is 1.49 bits per heavy atom. The van der Waals surface area contributed by atoms with E-state index < -0.39 is 42.0 Å². The summed E-state index contributed by atoms with van der Waals surface area (Å²) in [5.41, 5.74) is 1.45. The average molecular weight is 607 g/mol. The molecule has 0 unspecified atom stereocenters. The lowest BCUT2D eigenvalue weighted by atomic mass is 10.0. The first-order valence-electron chi connectivity index (χ1n) is 13.1. The molecule has 220 valence electrons. The van der Waals surface area contributed by atoms with E-state index in [4.69, 9.17) is 11.6 Å². The van der Waals surface area contributed by atoms with Crippen molar-refractivity contribution in [1.29, 1.82) is 0 Å². The van der Waals surface area contributed by atoms with Crippen LogP contribution in [0, 0.1) is 0 Å². The zero-order chi connectivity index (χ0) is 31.0. The van der Waals surface area contributed by atoms with Crippen LogP contribution in [0.1, 0.15) is 27.0 Å². The zero-order valence-electron chi connectivity index (χ0n) is 22.6. The van der Waals surface area contributed by atoms with Crippen LogP contribution >= 0.6 is 11.6 Å². The number of amides is 1. The number of hydrogen-bond donors (Lipinski definition) is 3. The molecule has 43 heavy (non-hydrogen) atoms. The van der Waals surface area contributed by atoms with E-state index in [-0.39, 0.29) is 23.2 Å². The SMILES string of the molecule is O=C(CN[C@H](Cc1ccc(Cl)cc1)C(=O)O)/C(=C\c1cccc(C(F)(F)F)c1)NC(=O)c1ccc(-c2ccccc2)cc1. The van der Waals surface area contributed by atoms with Gasteiger partial charge in [-0.15, -0.1) is 0 Å². The summed E-state index contributed by atoms with van der Waals surface area (Å²) in [5, 5.41) is 15.3. The molecule has 0 fully saturated rings. The smallest absolute Gasteiger partial charge is 0.416 e. The molecule has 1 amide bonds. The molecule has 4 aromatic rings.